The summed E-state index contributed by atoms with van der Waals surface area (Å²) in [4.78, 5) is 15.9. The number of nitriles is 1. The van der Waals surface area contributed by atoms with Crippen LogP contribution in [0.5, 0.6) is 0 Å². The van der Waals surface area contributed by atoms with Crippen molar-refractivity contribution in [2.45, 2.75) is 53.1 Å². The Labute approximate surface area is 297 Å². The lowest BCUT2D eigenvalue weighted by Gasteiger charge is -2.33. The smallest absolute Gasteiger partial charge is 0.166 e. The van der Waals surface area contributed by atoms with E-state index in [-0.39, 0.29) is 24.7 Å². The van der Waals surface area contributed by atoms with Crippen LogP contribution in [0.1, 0.15) is 56.9 Å². The fourth-order valence-corrected chi connectivity index (χ4v) is 6.46. The van der Waals surface area contributed by atoms with E-state index < -0.39 is 6.17 Å². The van der Waals surface area contributed by atoms with Crippen LogP contribution in [-0.4, -0.2) is 60.5 Å². The molecule has 6 N–H and O–H groups in total. The quantitative estimate of drug-likeness (QED) is 0.0347. The van der Waals surface area contributed by atoms with E-state index >= 15 is 4.39 Å². The molecule has 3 aromatic rings. The number of hydrogen-bond donors (Lipinski definition) is 4. The van der Waals surface area contributed by atoms with Gasteiger partial charge in [0.2, 0.25) is 0 Å². The molecule has 2 aliphatic rings. The standard InChI is InChI=1S/C29H37FIN12P.C4H8/c1-17(2)20(30)16-43(44-31)29-27(35-4)22(36-21-9-6-8-19(18(21)3)28(33)40-41(5)34)14-26(39-29)38-25-11-10-24(23(15-32)37-25)42-12-7-13-42;1-4-2-3-4/h6,8-11,14,17,20,44H,4,7,12-13,16,34H2,1-3,5H3,(H2,33,40)(H2,36,37,38,39);4H,2-3H2,1H3. The van der Waals surface area contributed by atoms with Crippen molar-refractivity contribution >= 4 is 81.2 Å². The molecule has 1 aliphatic carbocycles. The van der Waals surface area contributed by atoms with Gasteiger partial charge in [-0.15, -0.1) is 5.10 Å². The van der Waals surface area contributed by atoms with Crippen molar-refractivity contribution in [1.82, 2.24) is 15.1 Å². The highest BCUT2D eigenvalue weighted by Crippen LogP contribution is 2.45. The van der Waals surface area contributed by atoms with Gasteiger partial charge >= 0.3 is 0 Å². The summed E-state index contributed by atoms with van der Waals surface area (Å²) < 4.78 is 16.9. The topological polar surface area (TPSA) is 160 Å². The van der Waals surface area contributed by atoms with Crippen LogP contribution < -0.4 is 31.8 Å². The van der Waals surface area contributed by atoms with Crippen molar-refractivity contribution in [3.8, 4) is 6.07 Å². The van der Waals surface area contributed by atoms with E-state index in [2.05, 4.69) is 72.4 Å². The molecular weight excluding hydrogens is 741 g/mol. The monoisotopic (exact) mass is 786 g/mol. The zero-order valence-corrected chi connectivity index (χ0v) is 31.3. The van der Waals surface area contributed by atoms with Crippen LogP contribution in [0.3, 0.4) is 0 Å². The summed E-state index contributed by atoms with van der Waals surface area (Å²) in [7, 11) is 1.59. The van der Waals surface area contributed by atoms with E-state index in [0.29, 0.717) is 40.1 Å². The maximum atomic E-state index is 15.0. The Kier molecular flexibility index (Phi) is 13.1. The van der Waals surface area contributed by atoms with Gasteiger partial charge < -0.3 is 25.9 Å². The summed E-state index contributed by atoms with van der Waals surface area (Å²) in [6, 6.07) is 13.3. The van der Waals surface area contributed by atoms with Gasteiger partial charge in [0.1, 0.15) is 29.6 Å². The molecule has 2 aromatic heterocycles. The Morgan fingerprint density at radius 1 is 1.21 bits per heavy atom. The minimum atomic E-state index is -1.08. The summed E-state index contributed by atoms with van der Waals surface area (Å²) in [6.07, 6.45) is 3.15. The molecule has 1 aliphatic heterocycles. The Hall–Kier alpha value is -3.80. The van der Waals surface area contributed by atoms with Gasteiger partial charge in [0.25, 0.3) is 0 Å². The number of amidine groups is 1. The first kappa shape index (κ1) is 37.0. The second-order valence-electron chi connectivity index (χ2n) is 12.3. The molecule has 3 heterocycles. The second-order valence-corrected chi connectivity index (χ2v) is 14.5. The van der Waals surface area contributed by atoms with Gasteiger partial charge in [0.05, 0.1) is 17.9 Å². The van der Waals surface area contributed by atoms with Crippen LogP contribution in [0.2, 0.25) is 0 Å². The summed E-state index contributed by atoms with van der Waals surface area (Å²) in [6.45, 7) is 13.6. The van der Waals surface area contributed by atoms with Crippen molar-refractivity contribution in [2.24, 2.45) is 33.5 Å². The third-order valence-corrected chi connectivity index (χ3v) is 10.4. The molecule has 5 rings (SSSR count). The van der Waals surface area contributed by atoms with Crippen molar-refractivity contribution in [1.29, 1.82) is 5.26 Å². The van der Waals surface area contributed by atoms with Gasteiger partial charge in [-0.05, 0) is 77.7 Å². The average molecular weight is 787 g/mol. The molecule has 0 bridgehead atoms. The molecule has 2 unspecified atom stereocenters. The number of alkyl halides is 1. The molecular formula is C33H45FIN12P. The molecule has 0 radical (unpaired) electrons. The van der Waals surface area contributed by atoms with Crippen molar-refractivity contribution in [2.75, 3.05) is 46.9 Å². The molecule has 256 valence electrons. The summed E-state index contributed by atoms with van der Waals surface area (Å²) >= 11 is 2.22. The number of aliphatic imine (C=N–C) groups is 1. The van der Waals surface area contributed by atoms with Crippen LogP contribution in [0.4, 0.5) is 44.6 Å². The largest absolute Gasteiger partial charge is 0.382 e. The molecule has 12 nitrogen and oxygen atoms in total. The van der Waals surface area contributed by atoms with Gasteiger partial charge in [-0.2, -0.15) is 5.26 Å². The third kappa shape index (κ3) is 9.64. The van der Waals surface area contributed by atoms with E-state index in [1.54, 1.807) is 13.1 Å². The van der Waals surface area contributed by atoms with Crippen LogP contribution in [0.25, 0.3) is 0 Å². The number of anilines is 6. The van der Waals surface area contributed by atoms with E-state index in [4.69, 9.17) is 16.6 Å². The lowest BCUT2D eigenvalue weighted by atomic mass is 10.1. The first-order valence-electron chi connectivity index (χ1n) is 15.9. The highest BCUT2D eigenvalue weighted by atomic mass is 127. The molecule has 15 heteroatoms. The maximum absolute atomic E-state index is 15.0. The number of rotatable bonds is 13. The van der Waals surface area contributed by atoms with Gasteiger partial charge in [-0.25, -0.2) is 25.3 Å². The third-order valence-electron chi connectivity index (χ3n) is 8.01. The number of hydrogen-bond acceptors (Lipinski definition) is 11. The zero-order chi connectivity index (χ0) is 35.0. The Bertz CT molecular complexity index is 1650. The molecule has 1 saturated heterocycles. The first-order chi connectivity index (χ1) is 22.9. The molecule has 0 amide bonds. The Balaban J connectivity index is 0.00000121. The Morgan fingerprint density at radius 3 is 2.46 bits per heavy atom. The van der Waals surface area contributed by atoms with Crippen molar-refractivity contribution in [3.05, 3.63) is 53.2 Å². The number of nitrogens with two attached hydrogens (primary N) is 2. The number of benzene rings is 1. The van der Waals surface area contributed by atoms with Crippen LogP contribution >= 0.6 is 28.4 Å². The first-order valence-corrected chi connectivity index (χ1v) is 19.9. The number of halogens is 2. The van der Waals surface area contributed by atoms with Gasteiger partial charge in [-0.3, -0.25) is 4.99 Å². The predicted octanol–water partition coefficient (Wildman–Crippen LogP) is 7.27. The van der Waals surface area contributed by atoms with E-state index in [1.165, 1.54) is 12.8 Å². The van der Waals surface area contributed by atoms with Crippen LogP contribution in [0, 0.1) is 30.1 Å². The Morgan fingerprint density at radius 2 is 1.92 bits per heavy atom. The fourth-order valence-electron chi connectivity index (χ4n) is 4.71. The summed E-state index contributed by atoms with van der Waals surface area (Å²) in [5.74, 6) is 8.20. The van der Waals surface area contributed by atoms with Crippen molar-refractivity contribution < 1.29 is 4.39 Å². The number of pyridine rings is 2. The van der Waals surface area contributed by atoms with E-state index in [0.717, 1.165) is 47.5 Å². The molecule has 2 fully saturated rings. The highest BCUT2D eigenvalue weighted by Gasteiger charge is 2.24. The van der Waals surface area contributed by atoms with Gasteiger partial charge in [0.15, 0.2) is 17.3 Å². The van der Waals surface area contributed by atoms with Gasteiger partial charge in [-0.1, -0.05) is 45.7 Å². The number of nitrogens with one attached hydrogen (secondary N) is 2. The predicted molar refractivity (Wildman–Crippen MR) is 207 cm³/mol. The zero-order valence-electron chi connectivity index (χ0n) is 28.1. The summed E-state index contributed by atoms with van der Waals surface area (Å²) in [5, 5.41) is 21.8. The highest BCUT2D eigenvalue weighted by molar-refractivity contribution is 14.2. The minimum Gasteiger partial charge on any atom is -0.382 e. The second kappa shape index (κ2) is 17.0. The maximum Gasteiger partial charge on any atom is 0.166 e. The van der Waals surface area contributed by atoms with E-state index in [9.17, 15) is 5.26 Å². The number of hydrazone groups is 1. The lowest BCUT2D eigenvalue weighted by molar-refractivity contribution is 0.265. The minimum absolute atomic E-state index is 0.132. The molecule has 1 aromatic carbocycles. The number of nitrogens with zero attached hydrogens (tertiary/aromatic N) is 8. The number of hydrazine groups is 1. The van der Waals surface area contributed by atoms with Gasteiger partial charge in [0, 0.05) is 43.8 Å². The lowest BCUT2D eigenvalue weighted by Crippen LogP contribution is -2.37. The average Bonchev–Trinajstić information content (AvgIpc) is 3.82. The normalized spacial score (nSPS) is 14.9. The van der Waals surface area contributed by atoms with Crippen LogP contribution in [-0.2, 0) is 0 Å². The van der Waals surface area contributed by atoms with E-state index in [1.807, 2.05) is 55.8 Å². The molecule has 2 atom stereocenters. The van der Waals surface area contributed by atoms with Crippen molar-refractivity contribution in [3.63, 3.8) is 0 Å². The molecule has 0 spiro atoms. The summed E-state index contributed by atoms with van der Waals surface area (Å²) in [5.41, 5.74) is 10.7. The number of aromatic nitrogens is 2. The van der Waals surface area contributed by atoms with Crippen LogP contribution in [0.15, 0.2) is 46.5 Å². The fraction of sp³-hybridized carbons (Fsp3) is 0.424. The SMILES string of the molecule is C=Nc1c(Nc2cccc(/C(N)=N/N(C)N)c2C)cc(Nc2ccc(N3CCC3)c(C#N)n2)nc1N(CC(F)C(C)C)PI.CC1CC1. The molecule has 1 saturated carbocycles. The molecule has 48 heavy (non-hydrogen) atoms.